The summed E-state index contributed by atoms with van der Waals surface area (Å²) in [6.45, 7) is 2.93. The van der Waals surface area contributed by atoms with Gasteiger partial charge in [0.05, 0.1) is 46.8 Å². The molecular weight excluding hydrogens is 389 g/mol. The van der Waals surface area contributed by atoms with E-state index in [4.69, 9.17) is 9.47 Å². The molecule has 3 rings (SSSR count). The van der Waals surface area contributed by atoms with E-state index >= 15 is 0 Å². The molecule has 2 N–H and O–H groups in total. The van der Waals surface area contributed by atoms with Crippen LogP contribution in [-0.4, -0.2) is 63.7 Å². The summed E-state index contributed by atoms with van der Waals surface area (Å²) in [5, 5.41) is 2.77. The Kier molecular flexibility index (Phi) is 7.24. The topological polar surface area (TPSA) is 72.3 Å². The van der Waals surface area contributed by atoms with Crippen molar-refractivity contribution in [2.75, 3.05) is 52.3 Å². The minimum absolute atomic E-state index is 0.0528. The number of hydrogen-bond donors (Lipinski definition) is 2. The fourth-order valence-corrected chi connectivity index (χ4v) is 3.49. The quantitative estimate of drug-likeness (QED) is 0.699. The first-order valence-electron chi connectivity index (χ1n) is 9.86. The van der Waals surface area contributed by atoms with Crippen LogP contribution in [0.5, 0.6) is 11.5 Å². The number of anilines is 1. The first-order valence-corrected chi connectivity index (χ1v) is 9.86. The summed E-state index contributed by atoms with van der Waals surface area (Å²) < 4.78 is 23.5. The highest BCUT2D eigenvalue weighted by Gasteiger charge is 2.25. The Bertz CT molecular complexity index is 880. The Balaban J connectivity index is 1.46. The molecule has 1 saturated heterocycles. The van der Waals surface area contributed by atoms with E-state index in [1.807, 2.05) is 17.0 Å². The third-order valence-corrected chi connectivity index (χ3v) is 5.17. The van der Waals surface area contributed by atoms with Gasteiger partial charge in [0.2, 0.25) is 5.91 Å². The highest BCUT2D eigenvalue weighted by Crippen LogP contribution is 2.27. The lowest BCUT2D eigenvalue weighted by atomic mass is 10.1. The molecule has 160 valence electrons. The average Bonchev–Trinajstić information content (AvgIpc) is 2.75. The van der Waals surface area contributed by atoms with Gasteiger partial charge in [0.15, 0.2) is 18.0 Å². The molecule has 0 aliphatic carbocycles. The molecule has 0 bridgehead atoms. The molecule has 0 spiro atoms. The van der Waals surface area contributed by atoms with E-state index in [1.54, 1.807) is 20.3 Å². The van der Waals surface area contributed by atoms with Crippen LogP contribution in [-0.2, 0) is 16.0 Å². The van der Waals surface area contributed by atoms with Gasteiger partial charge in [-0.3, -0.25) is 9.59 Å². The fraction of sp³-hybridized carbons (Fsp3) is 0.364. The number of nitrogens with zero attached hydrogens (tertiary/aromatic N) is 1. The molecule has 1 aliphatic heterocycles. The zero-order valence-electron chi connectivity index (χ0n) is 17.2. The Morgan fingerprint density at radius 1 is 1.03 bits per heavy atom. The van der Waals surface area contributed by atoms with Crippen molar-refractivity contribution in [3.05, 3.63) is 53.8 Å². The van der Waals surface area contributed by atoms with Crippen LogP contribution in [0.1, 0.15) is 5.56 Å². The van der Waals surface area contributed by atoms with E-state index in [-0.39, 0.29) is 17.6 Å². The van der Waals surface area contributed by atoms with E-state index in [0.717, 1.165) is 10.5 Å². The smallest absolute Gasteiger partial charge is 0.279 e. The van der Waals surface area contributed by atoms with Gasteiger partial charge in [-0.2, -0.15) is 0 Å². The van der Waals surface area contributed by atoms with Crippen LogP contribution in [0.2, 0.25) is 0 Å². The van der Waals surface area contributed by atoms with Gasteiger partial charge in [-0.05, 0) is 42.0 Å². The number of carbonyl (C=O) groups excluding carboxylic acids is 2. The van der Waals surface area contributed by atoms with Crippen LogP contribution in [0.15, 0.2) is 42.5 Å². The highest BCUT2D eigenvalue weighted by molar-refractivity contribution is 5.91. The number of hydrogen-bond acceptors (Lipinski definition) is 4. The SMILES string of the molecule is COc1ccc(CC(=O)N2CC[NH+](CC(=O)Nc3ccc(F)cc3)CC2)cc1OC. The number of amides is 2. The molecule has 2 aromatic carbocycles. The number of quaternary nitrogens is 1. The van der Waals surface area contributed by atoms with Crippen molar-refractivity contribution >= 4 is 17.5 Å². The molecule has 2 amide bonds. The molecule has 1 aliphatic rings. The third-order valence-electron chi connectivity index (χ3n) is 5.17. The number of halogens is 1. The molecule has 2 aromatic rings. The second kappa shape index (κ2) is 10.1. The van der Waals surface area contributed by atoms with E-state index < -0.39 is 0 Å². The van der Waals surface area contributed by atoms with Gasteiger partial charge < -0.3 is 24.6 Å². The maximum absolute atomic E-state index is 12.9. The molecule has 30 heavy (non-hydrogen) atoms. The van der Waals surface area contributed by atoms with Crippen LogP contribution in [0.4, 0.5) is 10.1 Å². The van der Waals surface area contributed by atoms with Crippen molar-refractivity contribution in [3.8, 4) is 11.5 Å². The molecule has 0 unspecified atom stereocenters. The van der Waals surface area contributed by atoms with E-state index in [2.05, 4.69) is 5.32 Å². The van der Waals surface area contributed by atoms with Crippen molar-refractivity contribution in [3.63, 3.8) is 0 Å². The lowest BCUT2D eigenvalue weighted by Gasteiger charge is -2.32. The monoisotopic (exact) mass is 416 g/mol. The number of carbonyl (C=O) groups is 2. The normalized spacial score (nSPS) is 14.3. The molecule has 1 fully saturated rings. The summed E-state index contributed by atoms with van der Waals surface area (Å²) in [5.41, 5.74) is 1.44. The standard InChI is InChI=1S/C22H26FN3O4/c1-29-19-8-3-16(13-20(19)30-2)14-22(28)26-11-9-25(10-12-26)15-21(27)24-18-6-4-17(23)5-7-18/h3-8,13H,9-12,14-15H2,1-2H3,(H,24,27)/p+1. The van der Waals surface area contributed by atoms with Crippen molar-refractivity contribution in [2.24, 2.45) is 0 Å². The van der Waals surface area contributed by atoms with Crippen molar-refractivity contribution in [1.82, 2.24) is 4.90 Å². The first kappa shape index (κ1) is 21.6. The van der Waals surface area contributed by atoms with Gasteiger partial charge in [0, 0.05) is 5.69 Å². The van der Waals surface area contributed by atoms with Gasteiger partial charge in [-0.1, -0.05) is 6.07 Å². The zero-order chi connectivity index (χ0) is 21.5. The molecule has 0 atom stereocenters. The van der Waals surface area contributed by atoms with Crippen LogP contribution < -0.4 is 19.7 Å². The Morgan fingerprint density at radius 3 is 2.33 bits per heavy atom. The lowest BCUT2D eigenvalue weighted by Crippen LogP contribution is -3.15. The van der Waals surface area contributed by atoms with Gasteiger partial charge >= 0.3 is 0 Å². The maximum Gasteiger partial charge on any atom is 0.279 e. The number of methoxy groups -OCH3 is 2. The van der Waals surface area contributed by atoms with Gasteiger partial charge in [0.25, 0.3) is 5.91 Å². The largest absolute Gasteiger partial charge is 0.493 e. The number of rotatable bonds is 7. The van der Waals surface area contributed by atoms with Crippen LogP contribution in [0.3, 0.4) is 0 Å². The second-order valence-corrected chi connectivity index (χ2v) is 7.23. The first-order chi connectivity index (χ1) is 14.5. The van der Waals surface area contributed by atoms with E-state index in [1.165, 1.54) is 24.3 Å². The summed E-state index contributed by atoms with van der Waals surface area (Å²) in [6.07, 6.45) is 0.292. The number of benzene rings is 2. The van der Waals surface area contributed by atoms with Crippen LogP contribution in [0, 0.1) is 5.82 Å². The summed E-state index contributed by atoms with van der Waals surface area (Å²) in [5.74, 6) is 0.820. The number of piperazine rings is 1. The Morgan fingerprint density at radius 2 is 1.70 bits per heavy atom. The van der Waals surface area contributed by atoms with Gasteiger partial charge in [-0.25, -0.2) is 4.39 Å². The summed E-state index contributed by atoms with van der Waals surface area (Å²) >= 11 is 0. The lowest BCUT2D eigenvalue weighted by molar-refractivity contribution is -0.895. The Hall–Kier alpha value is -3.13. The Labute approximate surface area is 175 Å². The predicted molar refractivity (Wildman–Crippen MR) is 110 cm³/mol. The molecule has 7 nitrogen and oxygen atoms in total. The second-order valence-electron chi connectivity index (χ2n) is 7.23. The minimum atomic E-state index is -0.340. The predicted octanol–water partition coefficient (Wildman–Crippen LogP) is 0.751. The fourth-order valence-electron chi connectivity index (χ4n) is 3.49. The number of nitrogens with one attached hydrogen (secondary N) is 2. The third kappa shape index (κ3) is 5.70. The molecular formula is C22H27FN3O4+. The average molecular weight is 416 g/mol. The zero-order valence-corrected chi connectivity index (χ0v) is 17.2. The summed E-state index contributed by atoms with van der Waals surface area (Å²) in [7, 11) is 3.14. The van der Waals surface area contributed by atoms with Crippen LogP contribution in [0.25, 0.3) is 0 Å². The van der Waals surface area contributed by atoms with Crippen molar-refractivity contribution in [2.45, 2.75) is 6.42 Å². The summed E-state index contributed by atoms with van der Waals surface area (Å²) in [4.78, 5) is 27.8. The van der Waals surface area contributed by atoms with Crippen LogP contribution >= 0.6 is 0 Å². The highest BCUT2D eigenvalue weighted by atomic mass is 19.1. The molecule has 8 heteroatoms. The van der Waals surface area contributed by atoms with Gasteiger partial charge in [-0.15, -0.1) is 0 Å². The molecule has 0 saturated carbocycles. The molecule has 0 radical (unpaired) electrons. The minimum Gasteiger partial charge on any atom is -0.493 e. The summed E-state index contributed by atoms with van der Waals surface area (Å²) in [6, 6.07) is 11.2. The van der Waals surface area contributed by atoms with E-state index in [9.17, 15) is 14.0 Å². The van der Waals surface area contributed by atoms with E-state index in [0.29, 0.717) is 56.3 Å². The molecule has 0 aromatic heterocycles. The number of ether oxygens (including phenoxy) is 2. The van der Waals surface area contributed by atoms with Gasteiger partial charge in [0.1, 0.15) is 5.82 Å². The van der Waals surface area contributed by atoms with Crippen molar-refractivity contribution in [1.29, 1.82) is 0 Å². The maximum atomic E-state index is 12.9. The molecule has 1 heterocycles. The van der Waals surface area contributed by atoms with Crippen molar-refractivity contribution < 1.29 is 28.4 Å².